The molecule has 0 spiro atoms. The first-order valence-corrected chi connectivity index (χ1v) is 8.04. The number of nitrogens with one attached hydrogen (secondary N) is 2. The van der Waals surface area contributed by atoms with Crippen LogP contribution in [0.5, 0.6) is 5.75 Å². The van der Waals surface area contributed by atoms with Crippen LogP contribution < -0.4 is 15.4 Å². The van der Waals surface area contributed by atoms with Crippen molar-refractivity contribution in [2.24, 2.45) is 5.92 Å². The summed E-state index contributed by atoms with van der Waals surface area (Å²) in [5.41, 5.74) is 0. The maximum atomic E-state index is 12.7. The van der Waals surface area contributed by atoms with Crippen LogP contribution in [-0.2, 0) is 4.79 Å². The first-order chi connectivity index (χ1) is 10.6. The van der Waals surface area contributed by atoms with Gasteiger partial charge in [0.25, 0.3) is 0 Å². The Hall–Kier alpha value is -1.62. The third-order valence-electron chi connectivity index (χ3n) is 3.95. The van der Waals surface area contributed by atoms with Crippen LogP contribution in [0.3, 0.4) is 0 Å². The van der Waals surface area contributed by atoms with Gasteiger partial charge in [0.1, 0.15) is 11.6 Å². The second-order valence-corrected chi connectivity index (χ2v) is 5.88. The number of hydrogen-bond donors (Lipinski definition) is 2. The second-order valence-electron chi connectivity index (χ2n) is 5.88. The molecule has 0 aromatic heterocycles. The van der Waals surface area contributed by atoms with Gasteiger partial charge in [-0.25, -0.2) is 4.39 Å². The van der Waals surface area contributed by atoms with Gasteiger partial charge >= 0.3 is 0 Å². The largest absolute Gasteiger partial charge is 0.494 e. The molecule has 4 nitrogen and oxygen atoms in total. The minimum atomic E-state index is -0.262. The van der Waals surface area contributed by atoms with Crippen LogP contribution in [0.25, 0.3) is 0 Å². The minimum Gasteiger partial charge on any atom is -0.494 e. The molecule has 1 aromatic rings. The van der Waals surface area contributed by atoms with Gasteiger partial charge in [-0.1, -0.05) is 0 Å². The van der Waals surface area contributed by atoms with Crippen LogP contribution in [0, 0.1) is 11.7 Å². The van der Waals surface area contributed by atoms with E-state index >= 15 is 0 Å². The molecule has 1 aromatic carbocycles. The molecule has 2 rings (SSSR count). The van der Waals surface area contributed by atoms with Gasteiger partial charge in [0.15, 0.2) is 0 Å². The summed E-state index contributed by atoms with van der Waals surface area (Å²) in [6.45, 7) is 4.30. The SMILES string of the molecule is C[C@H]1C[C@@H](C(=O)NCCCCOc2ccc(F)cc2)CCN1. The predicted octanol–water partition coefficient (Wildman–Crippen LogP) is 2.49. The summed E-state index contributed by atoms with van der Waals surface area (Å²) in [6, 6.07) is 6.43. The molecule has 2 atom stereocenters. The molecule has 2 N–H and O–H groups in total. The smallest absolute Gasteiger partial charge is 0.223 e. The normalized spacial score (nSPS) is 21.4. The highest BCUT2D eigenvalue weighted by molar-refractivity contribution is 5.78. The number of ether oxygens (including phenoxy) is 1. The summed E-state index contributed by atoms with van der Waals surface area (Å²) in [4.78, 5) is 12.0. The highest BCUT2D eigenvalue weighted by Crippen LogP contribution is 2.16. The summed E-state index contributed by atoms with van der Waals surface area (Å²) >= 11 is 0. The molecule has 22 heavy (non-hydrogen) atoms. The van der Waals surface area contributed by atoms with Gasteiger partial charge in [-0.3, -0.25) is 4.79 Å². The standard InChI is InChI=1S/C17H25FN2O2/c1-13-12-14(8-10-19-13)17(21)20-9-2-3-11-22-16-6-4-15(18)5-7-16/h4-7,13-14,19H,2-3,8-12H2,1H3,(H,20,21)/t13-,14-/m0/s1. The van der Waals surface area contributed by atoms with Crippen molar-refractivity contribution in [1.82, 2.24) is 10.6 Å². The Morgan fingerprint density at radius 3 is 2.86 bits per heavy atom. The number of unbranched alkanes of at least 4 members (excludes halogenated alkanes) is 1. The summed E-state index contributed by atoms with van der Waals surface area (Å²) in [5, 5.41) is 6.36. The third-order valence-corrected chi connectivity index (χ3v) is 3.95. The highest BCUT2D eigenvalue weighted by atomic mass is 19.1. The molecule has 1 fully saturated rings. The van der Waals surface area contributed by atoms with Crippen molar-refractivity contribution in [1.29, 1.82) is 0 Å². The number of benzene rings is 1. The molecule has 122 valence electrons. The molecule has 0 radical (unpaired) electrons. The number of piperidine rings is 1. The van der Waals surface area contributed by atoms with E-state index in [2.05, 4.69) is 17.6 Å². The van der Waals surface area contributed by atoms with E-state index in [0.29, 0.717) is 24.9 Å². The maximum Gasteiger partial charge on any atom is 0.223 e. The van der Waals surface area contributed by atoms with Crippen molar-refractivity contribution in [3.8, 4) is 5.75 Å². The Morgan fingerprint density at radius 2 is 2.14 bits per heavy atom. The lowest BCUT2D eigenvalue weighted by atomic mass is 9.92. The third kappa shape index (κ3) is 5.64. The first kappa shape index (κ1) is 16.7. The fraction of sp³-hybridized carbons (Fsp3) is 0.588. The van der Waals surface area contributed by atoms with Crippen LogP contribution in [0.4, 0.5) is 4.39 Å². The molecule has 0 unspecified atom stereocenters. The lowest BCUT2D eigenvalue weighted by Crippen LogP contribution is -2.42. The zero-order valence-corrected chi connectivity index (χ0v) is 13.1. The zero-order chi connectivity index (χ0) is 15.8. The molecule has 5 heteroatoms. The lowest BCUT2D eigenvalue weighted by Gasteiger charge is -2.27. The Balaban J connectivity index is 1.53. The molecule has 1 heterocycles. The molecule has 0 aliphatic carbocycles. The molecule has 1 aliphatic rings. The van der Waals surface area contributed by atoms with Gasteiger partial charge in [-0.2, -0.15) is 0 Å². The zero-order valence-electron chi connectivity index (χ0n) is 13.1. The highest BCUT2D eigenvalue weighted by Gasteiger charge is 2.24. The van der Waals surface area contributed by atoms with Gasteiger partial charge in [-0.15, -0.1) is 0 Å². The van der Waals surface area contributed by atoms with Crippen molar-refractivity contribution in [2.45, 2.75) is 38.6 Å². The van der Waals surface area contributed by atoms with E-state index in [1.807, 2.05) is 0 Å². The van der Waals surface area contributed by atoms with Gasteiger partial charge < -0.3 is 15.4 Å². The fourth-order valence-corrected chi connectivity index (χ4v) is 2.67. The van der Waals surface area contributed by atoms with Gasteiger partial charge in [0.2, 0.25) is 5.91 Å². The minimum absolute atomic E-state index is 0.145. The Kier molecular flexibility index (Phi) is 6.65. The van der Waals surface area contributed by atoms with E-state index in [1.165, 1.54) is 12.1 Å². The van der Waals surface area contributed by atoms with E-state index in [1.54, 1.807) is 12.1 Å². The number of rotatable bonds is 7. The summed E-state index contributed by atoms with van der Waals surface area (Å²) < 4.78 is 18.2. The fourth-order valence-electron chi connectivity index (χ4n) is 2.67. The molecule has 1 saturated heterocycles. The molecule has 0 bridgehead atoms. The van der Waals surface area contributed by atoms with Crippen LogP contribution in [-0.4, -0.2) is 31.6 Å². The van der Waals surface area contributed by atoms with E-state index in [0.717, 1.165) is 32.2 Å². The maximum absolute atomic E-state index is 12.7. The van der Waals surface area contributed by atoms with Crippen molar-refractivity contribution < 1.29 is 13.9 Å². The monoisotopic (exact) mass is 308 g/mol. The number of hydrogen-bond acceptors (Lipinski definition) is 3. The lowest BCUT2D eigenvalue weighted by molar-refractivity contribution is -0.126. The summed E-state index contributed by atoms with van der Waals surface area (Å²) in [7, 11) is 0. The van der Waals surface area contributed by atoms with Crippen LogP contribution >= 0.6 is 0 Å². The average molecular weight is 308 g/mol. The summed E-state index contributed by atoms with van der Waals surface area (Å²) in [5.74, 6) is 0.732. The van der Waals surface area contributed by atoms with Crippen molar-refractivity contribution in [2.75, 3.05) is 19.7 Å². The second kappa shape index (κ2) is 8.73. The van der Waals surface area contributed by atoms with Gasteiger partial charge in [0, 0.05) is 18.5 Å². The molecule has 1 amide bonds. The number of carbonyl (C=O) groups is 1. The Bertz CT molecular complexity index is 464. The van der Waals surface area contributed by atoms with E-state index in [9.17, 15) is 9.18 Å². The predicted molar refractivity (Wildman–Crippen MR) is 84.3 cm³/mol. The van der Waals surface area contributed by atoms with E-state index in [-0.39, 0.29) is 17.6 Å². The molecule has 1 aliphatic heterocycles. The molecular formula is C17H25FN2O2. The number of amides is 1. The summed E-state index contributed by atoms with van der Waals surface area (Å²) in [6.07, 6.45) is 3.58. The number of halogens is 1. The van der Waals surface area contributed by atoms with Crippen LogP contribution in [0.1, 0.15) is 32.6 Å². The molecular weight excluding hydrogens is 283 g/mol. The average Bonchev–Trinajstić information content (AvgIpc) is 2.52. The van der Waals surface area contributed by atoms with Crippen molar-refractivity contribution >= 4 is 5.91 Å². The molecule has 0 saturated carbocycles. The first-order valence-electron chi connectivity index (χ1n) is 8.04. The van der Waals surface area contributed by atoms with Crippen LogP contribution in [0.15, 0.2) is 24.3 Å². The van der Waals surface area contributed by atoms with Crippen molar-refractivity contribution in [3.63, 3.8) is 0 Å². The van der Waals surface area contributed by atoms with Crippen LogP contribution in [0.2, 0.25) is 0 Å². The number of carbonyl (C=O) groups excluding carboxylic acids is 1. The van der Waals surface area contributed by atoms with Gasteiger partial charge in [-0.05, 0) is 63.4 Å². The quantitative estimate of drug-likeness (QED) is 0.761. The van der Waals surface area contributed by atoms with E-state index < -0.39 is 0 Å². The Labute approximate surface area is 131 Å². The topological polar surface area (TPSA) is 50.4 Å². The van der Waals surface area contributed by atoms with Gasteiger partial charge in [0.05, 0.1) is 6.61 Å². The Morgan fingerprint density at radius 1 is 1.36 bits per heavy atom. The van der Waals surface area contributed by atoms with E-state index in [4.69, 9.17) is 4.74 Å². The van der Waals surface area contributed by atoms with Crippen molar-refractivity contribution in [3.05, 3.63) is 30.1 Å².